The minimum Gasteiger partial charge on any atom is -0.480 e. The normalized spacial score (nSPS) is 22.7. The Morgan fingerprint density at radius 1 is 1.57 bits per heavy atom. The van der Waals surface area contributed by atoms with E-state index in [0.29, 0.717) is 31.2 Å². The van der Waals surface area contributed by atoms with Crippen LogP contribution in [0, 0.1) is 0 Å². The fourth-order valence-corrected chi connectivity index (χ4v) is 3.58. The van der Waals surface area contributed by atoms with Gasteiger partial charge in [-0.3, -0.25) is 9.69 Å². The minimum absolute atomic E-state index is 0.387. The minimum atomic E-state index is -0.794. The van der Waals surface area contributed by atoms with Crippen molar-refractivity contribution in [2.24, 2.45) is 0 Å². The molecule has 0 aliphatic carbocycles. The van der Waals surface area contributed by atoms with Gasteiger partial charge in [-0.05, 0) is 37.3 Å². The molecule has 0 radical (unpaired) electrons. The van der Waals surface area contributed by atoms with Crippen molar-refractivity contribution in [1.82, 2.24) is 15.1 Å². The number of hydrogen-bond acceptors (Lipinski definition) is 6. The Bertz CT molecular complexity index is 625. The monoisotopic (exact) mass is 307 g/mol. The standard InChI is InChI=1S/C14H17N3O3S/c1-2-14(13(18)19)6-4-7-17(14)9-11-15-16-12(20-11)10-5-3-8-21-10/h3,5,8H,2,4,6-7,9H2,1H3,(H,18,19). The number of nitrogens with zero attached hydrogens (tertiary/aromatic N) is 3. The van der Waals surface area contributed by atoms with Crippen molar-refractivity contribution < 1.29 is 14.3 Å². The van der Waals surface area contributed by atoms with Crippen LogP contribution in [0.1, 0.15) is 32.1 Å². The highest BCUT2D eigenvalue weighted by atomic mass is 32.1. The highest BCUT2D eigenvalue weighted by Crippen LogP contribution is 2.34. The van der Waals surface area contributed by atoms with Gasteiger partial charge in [0, 0.05) is 0 Å². The number of likely N-dealkylation sites (tertiary alicyclic amines) is 1. The predicted molar refractivity (Wildman–Crippen MR) is 77.9 cm³/mol. The van der Waals surface area contributed by atoms with E-state index in [9.17, 15) is 9.90 Å². The number of rotatable bonds is 5. The van der Waals surface area contributed by atoms with Crippen molar-refractivity contribution in [1.29, 1.82) is 0 Å². The summed E-state index contributed by atoms with van der Waals surface area (Å²) in [6.45, 7) is 3.05. The summed E-state index contributed by atoms with van der Waals surface area (Å²) in [7, 11) is 0. The van der Waals surface area contributed by atoms with E-state index in [2.05, 4.69) is 10.2 Å². The molecule has 3 rings (SSSR count). The van der Waals surface area contributed by atoms with Gasteiger partial charge in [-0.1, -0.05) is 13.0 Å². The van der Waals surface area contributed by atoms with Crippen LogP contribution in [-0.2, 0) is 11.3 Å². The molecular weight excluding hydrogens is 290 g/mol. The molecular formula is C14H17N3O3S. The molecule has 6 nitrogen and oxygen atoms in total. The molecule has 1 aliphatic rings. The molecule has 0 saturated carbocycles. The molecule has 2 aromatic rings. The zero-order valence-electron chi connectivity index (χ0n) is 11.8. The van der Waals surface area contributed by atoms with E-state index < -0.39 is 11.5 Å². The number of carboxylic acid groups (broad SMARTS) is 1. The number of hydrogen-bond donors (Lipinski definition) is 1. The lowest BCUT2D eigenvalue weighted by atomic mass is 9.93. The summed E-state index contributed by atoms with van der Waals surface area (Å²) in [5.74, 6) is 0.205. The molecule has 3 heterocycles. The molecule has 0 aromatic carbocycles. The maximum Gasteiger partial charge on any atom is 0.324 e. The number of carboxylic acids is 1. The quantitative estimate of drug-likeness (QED) is 0.914. The average Bonchev–Trinajstić information content (AvgIpc) is 3.19. The maximum atomic E-state index is 11.6. The molecule has 1 N–H and O–H groups in total. The Labute approximate surface area is 126 Å². The van der Waals surface area contributed by atoms with E-state index in [1.54, 1.807) is 0 Å². The van der Waals surface area contributed by atoms with Crippen LogP contribution in [0.15, 0.2) is 21.9 Å². The predicted octanol–water partition coefficient (Wildman–Crippen LogP) is 2.63. The van der Waals surface area contributed by atoms with Crippen LogP contribution in [0.4, 0.5) is 0 Å². The second-order valence-electron chi connectivity index (χ2n) is 5.19. The van der Waals surface area contributed by atoms with Crippen LogP contribution in [0.3, 0.4) is 0 Å². The number of thiophene rings is 1. The second-order valence-corrected chi connectivity index (χ2v) is 6.14. The molecule has 1 saturated heterocycles. The molecule has 1 aliphatic heterocycles. The molecule has 1 atom stereocenters. The van der Waals surface area contributed by atoms with Gasteiger partial charge in [0.1, 0.15) is 5.54 Å². The Morgan fingerprint density at radius 3 is 3.10 bits per heavy atom. The number of carbonyl (C=O) groups is 1. The first-order chi connectivity index (χ1) is 10.2. The lowest BCUT2D eigenvalue weighted by Gasteiger charge is -2.32. The molecule has 112 valence electrons. The van der Waals surface area contributed by atoms with Gasteiger partial charge in [0.05, 0.1) is 11.4 Å². The molecule has 21 heavy (non-hydrogen) atoms. The van der Waals surface area contributed by atoms with Crippen molar-refractivity contribution in [3.05, 3.63) is 23.4 Å². The highest BCUT2D eigenvalue weighted by Gasteiger charge is 2.46. The first-order valence-corrected chi connectivity index (χ1v) is 7.88. The molecule has 1 unspecified atom stereocenters. The van der Waals surface area contributed by atoms with E-state index in [0.717, 1.165) is 17.8 Å². The average molecular weight is 307 g/mol. The van der Waals surface area contributed by atoms with Crippen LogP contribution < -0.4 is 0 Å². The first kappa shape index (κ1) is 14.2. The third-order valence-corrected chi connectivity index (χ3v) is 4.99. The Morgan fingerprint density at radius 2 is 2.43 bits per heavy atom. The third kappa shape index (κ3) is 2.47. The Kier molecular flexibility index (Phi) is 3.77. The van der Waals surface area contributed by atoms with Crippen LogP contribution in [0.25, 0.3) is 10.8 Å². The summed E-state index contributed by atoms with van der Waals surface area (Å²) in [4.78, 5) is 14.5. The fourth-order valence-electron chi connectivity index (χ4n) is 2.94. The Balaban J connectivity index is 1.79. The van der Waals surface area contributed by atoms with E-state index in [1.165, 1.54) is 11.3 Å². The summed E-state index contributed by atoms with van der Waals surface area (Å²) in [6.07, 6.45) is 2.13. The fraction of sp³-hybridized carbons (Fsp3) is 0.500. The number of aliphatic carboxylic acids is 1. The van der Waals surface area contributed by atoms with E-state index in [1.807, 2.05) is 29.3 Å². The van der Waals surface area contributed by atoms with Gasteiger partial charge in [0.2, 0.25) is 5.89 Å². The van der Waals surface area contributed by atoms with E-state index in [4.69, 9.17) is 4.42 Å². The molecule has 1 fully saturated rings. The van der Waals surface area contributed by atoms with E-state index in [-0.39, 0.29) is 0 Å². The van der Waals surface area contributed by atoms with Crippen molar-refractivity contribution >= 4 is 17.3 Å². The van der Waals surface area contributed by atoms with Crippen molar-refractivity contribution in [2.75, 3.05) is 6.54 Å². The largest absolute Gasteiger partial charge is 0.480 e. The van der Waals surface area contributed by atoms with Crippen LogP contribution in [0.5, 0.6) is 0 Å². The zero-order chi connectivity index (χ0) is 14.9. The van der Waals surface area contributed by atoms with Gasteiger partial charge < -0.3 is 9.52 Å². The molecule has 0 amide bonds. The summed E-state index contributed by atoms with van der Waals surface area (Å²) < 4.78 is 5.66. The molecule has 0 spiro atoms. The number of aromatic nitrogens is 2. The van der Waals surface area contributed by atoms with Crippen molar-refractivity contribution in [3.63, 3.8) is 0 Å². The van der Waals surface area contributed by atoms with Gasteiger partial charge in [0.15, 0.2) is 0 Å². The van der Waals surface area contributed by atoms with Gasteiger partial charge in [-0.25, -0.2) is 0 Å². The summed E-state index contributed by atoms with van der Waals surface area (Å²) in [5, 5.41) is 19.6. The van der Waals surface area contributed by atoms with E-state index >= 15 is 0 Å². The SMILES string of the molecule is CCC1(C(=O)O)CCCN1Cc1nnc(-c2cccs2)o1. The Hall–Kier alpha value is -1.73. The third-order valence-electron chi connectivity index (χ3n) is 4.13. The smallest absolute Gasteiger partial charge is 0.324 e. The maximum absolute atomic E-state index is 11.6. The highest BCUT2D eigenvalue weighted by molar-refractivity contribution is 7.13. The van der Waals surface area contributed by atoms with Crippen molar-refractivity contribution in [2.45, 2.75) is 38.3 Å². The lowest BCUT2D eigenvalue weighted by Crippen LogP contribution is -2.49. The summed E-state index contributed by atoms with van der Waals surface area (Å²) in [6, 6.07) is 3.85. The molecule has 7 heteroatoms. The van der Waals surface area contributed by atoms with Gasteiger partial charge in [0.25, 0.3) is 5.89 Å². The van der Waals surface area contributed by atoms with Gasteiger partial charge in [-0.2, -0.15) is 0 Å². The van der Waals surface area contributed by atoms with Crippen LogP contribution in [0.2, 0.25) is 0 Å². The lowest BCUT2D eigenvalue weighted by molar-refractivity contribution is -0.150. The molecule has 2 aromatic heterocycles. The first-order valence-electron chi connectivity index (χ1n) is 7.00. The topological polar surface area (TPSA) is 79.5 Å². The summed E-state index contributed by atoms with van der Waals surface area (Å²) in [5.41, 5.74) is -0.794. The van der Waals surface area contributed by atoms with Crippen molar-refractivity contribution in [3.8, 4) is 10.8 Å². The van der Waals surface area contributed by atoms with Gasteiger partial charge in [-0.15, -0.1) is 21.5 Å². The van der Waals surface area contributed by atoms with Crippen LogP contribution >= 0.6 is 11.3 Å². The molecule has 0 bridgehead atoms. The van der Waals surface area contributed by atoms with Crippen LogP contribution in [-0.4, -0.2) is 38.3 Å². The summed E-state index contributed by atoms with van der Waals surface area (Å²) >= 11 is 1.54. The van der Waals surface area contributed by atoms with Gasteiger partial charge >= 0.3 is 5.97 Å². The zero-order valence-corrected chi connectivity index (χ0v) is 12.6. The second kappa shape index (κ2) is 5.57.